The van der Waals surface area contributed by atoms with Crippen LogP contribution < -0.4 is 5.73 Å². The average molecular weight is 1380 g/mol. The molecule has 0 aromatic heterocycles. The molecule has 0 heterocycles. The Labute approximate surface area is 573 Å². The van der Waals surface area contributed by atoms with Crippen molar-refractivity contribution in [1.29, 1.82) is 0 Å². The molecule has 0 bridgehead atoms. The summed E-state index contributed by atoms with van der Waals surface area (Å²) in [7, 11) is 0. The van der Waals surface area contributed by atoms with E-state index in [0.29, 0.717) is 78.5 Å². The molecule has 1 aromatic rings. The quantitative estimate of drug-likeness (QED) is 0.0487. The van der Waals surface area contributed by atoms with Crippen LogP contribution >= 0.6 is 94.1 Å². The van der Waals surface area contributed by atoms with Crippen molar-refractivity contribution in [2.24, 2.45) is 5.73 Å². The van der Waals surface area contributed by atoms with Crippen molar-refractivity contribution in [1.82, 2.24) is 19.6 Å². The maximum absolute atomic E-state index is 13.3. The molecule has 0 aliphatic rings. The molecule has 0 unspecified atom stereocenters. The molecule has 512 valence electrons. The van der Waals surface area contributed by atoms with Gasteiger partial charge in [-0.3, -0.25) is 19.2 Å². The average Bonchev–Trinajstić information content (AvgIpc) is 3.56. The van der Waals surface area contributed by atoms with Crippen LogP contribution in [-0.2, 0) is 49.6 Å². The Kier molecular flexibility index (Phi) is 63.1. The lowest BCUT2D eigenvalue weighted by molar-refractivity contribution is -0.131. The third kappa shape index (κ3) is 52.8. The number of carbonyl (C=O) groups is 4. The zero-order valence-corrected chi connectivity index (χ0v) is 62.0. The molecular formula is C67H123N5O8S8. The lowest BCUT2D eigenvalue weighted by Crippen LogP contribution is -2.33. The number of benzene rings is 1. The van der Waals surface area contributed by atoms with E-state index in [1.807, 2.05) is 81.5 Å². The first-order valence-corrected chi connectivity index (χ1v) is 42.8. The zero-order valence-electron chi connectivity index (χ0n) is 56.5. The number of hydrogen-bond acceptors (Lipinski definition) is 17. The van der Waals surface area contributed by atoms with E-state index in [1.54, 1.807) is 23.5 Å². The Morgan fingerprint density at radius 3 is 1.05 bits per heavy atom. The van der Waals surface area contributed by atoms with Gasteiger partial charge in [-0.05, 0) is 116 Å². The third-order valence-corrected chi connectivity index (χ3v) is 22.3. The first kappa shape index (κ1) is 83.5. The van der Waals surface area contributed by atoms with Gasteiger partial charge in [0.25, 0.3) is 0 Å². The Morgan fingerprint density at radius 1 is 0.386 bits per heavy atom. The van der Waals surface area contributed by atoms with Gasteiger partial charge in [-0.1, -0.05) is 83.7 Å². The molecule has 0 aliphatic heterocycles. The topological polar surface area (TPSA) is 144 Å². The molecule has 0 radical (unpaired) electrons. The van der Waals surface area contributed by atoms with E-state index in [0.717, 1.165) is 228 Å². The van der Waals surface area contributed by atoms with Crippen molar-refractivity contribution in [3.8, 4) is 0 Å². The summed E-state index contributed by atoms with van der Waals surface area (Å²) in [6.07, 6.45) is 19.1. The van der Waals surface area contributed by atoms with Crippen molar-refractivity contribution in [2.75, 3.05) is 192 Å². The highest BCUT2D eigenvalue weighted by atomic mass is 32.2. The summed E-state index contributed by atoms with van der Waals surface area (Å²) in [5.74, 6) is 16.4. The van der Waals surface area contributed by atoms with E-state index in [1.165, 1.54) is 24.0 Å². The fourth-order valence-corrected chi connectivity index (χ4v) is 15.5. The minimum absolute atomic E-state index is 0.251. The summed E-state index contributed by atoms with van der Waals surface area (Å²) in [5, 5.41) is 0. The fourth-order valence-electron chi connectivity index (χ4n) is 8.72. The van der Waals surface area contributed by atoms with Crippen LogP contribution in [0.3, 0.4) is 0 Å². The van der Waals surface area contributed by atoms with Gasteiger partial charge in [0.05, 0.1) is 52.9 Å². The van der Waals surface area contributed by atoms with E-state index in [-0.39, 0.29) is 23.6 Å². The second-order valence-electron chi connectivity index (χ2n) is 21.6. The van der Waals surface area contributed by atoms with Gasteiger partial charge in [0.1, 0.15) is 1.41 Å². The van der Waals surface area contributed by atoms with Crippen LogP contribution in [0, 0.1) is 0 Å². The van der Waals surface area contributed by atoms with E-state index < -0.39 is 0 Å². The van der Waals surface area contributed by atoms with Crippen LogP contribution in [0.15, 0.2) is 36.9 Å². The number of hydrogen-bond donors (Lipinski definition) is 1. The van der Waals surface area contributed by atoms with Gasteiger partial charge >= 0.3 is 0 Å². The molecule has 4 amide bonds. The second kappa shape index (κ2) is 66.5. The Morgan fingerprint density at radius 2 is 0.670 bits per heavy atom. The van der Waals surface area contributed by atoms with Crippen LogP contribution in [0.25, 0.3) is 0 Å². The predicted octanol–water partition coefficient (Wildman–Crippen LogP) is 14.2. The predicted molar refractivity (Wildman–Crippen MR) is 397 cm³/mol. The molecule has 13 nitrogen and oxygen atoms in total. The van der Waals surface area contributed by atoms with E-state index in [4.69, 9.17) is 20.4 Å². The number of amides is 4. The van der Waals surface area contributed by atoms with Crippen LogP contribution in [0.4, 0.5) is 0 Å². The molecular weight excluding hydrogens is 1260 g/mol. The molecule has 0 saturated heterocycles. The van der Waals surface area contributed by atoms with E-state index in [2.05, 4.69) is 79.0 Å². The van der Waals surface area contributed by atoms with E-state index in [9.17, 15) is 19.2 Å². The minimum Gasteiger partial charge on any atom is -0.378 e. The van der Waals surface area contributed by atoms with Gasteiger partial charge in [0.15, 0.2) is 0 Å². The van der Waals surface area contributed by atoms with Gasteiger partial charge in [0.2, 0.25) is 23.6 Å². The highest BCUT2D eigenvalue weighted by Crippen LogP contribution is 2.20. The molecule has 0 fully saturated rings. The Hall–Kier alpha value is -0.560. The second-order valence-corrected chi connectivity index (χ2v) is 31.2. The number of nitrogens with zero attached hydrogens (tertiary/aromatic N) is 4. The first-order valence-electron chi connectivity index (χ1n) is 34.1. The van der Waals surface area contributed by atoms with Crippen LogP contribution in [0.1, 0.15) is 154 Å². The molecule has 21 heteroatoms. The number of nitrogens with two attached hydrogens (primary N) is 1. The van der Waals surface area contributed by atoms with Gasteiger partial charge in [0, 0.05) is 136 Å². The maximum atomic E-state index is 13.3. The number of carbonyl (C=O) groups excluding carboxylic acids is 4. The highest BCUT2D eigenvalue weighted by Gasteiger charge is 2.16. The van der Waals surface area contributed by atoms with Gasteiger partial charge in [-0.25, -0.2) is 0 Å². The van der Waals surface area contributed by atoms with Gasteiger partial charge < -0.3 is 44.3 Å². The van der Waals surface area contributed by atoms with Gasteiger partial charge in [-0.2, -0.15) is 94.1 Å². The monoisotopic (exact) mass is 1380 g/mol. The molecule has 0 spiro atoms. The smallest absolute Gasteiger partial charge is 0.223 e. The zero-order chi connectivity index (χ0) is 64.6. The summed E-state index contributed by atoms with van der Waals surface area (Å²) in [4.78, 5) is 60.2. The van der Waals surface area contributed by atoms with Crippen LogP contribution in [0.5, 0.6) is 0 Å². The molecule has 1 rings (SSSR count). The molecule has 1 aromatic carbocycles. The Bertz CT molecular complexity index is 1800. The van der Waals surface area contributed by atoms with Crippen LogP contribution in [0.2, 0.25) is 1.41 Å². The van der Waals surface area contributed by atoms with Gasteiger partial charge in [-0.15, -0.1) is 6.58 Å². The standard InChI is InChI=1S/C67H123N5O8S8/c1-6-11-31-69(30-10-5)64(73)25-52-82-47-16-15-46-81-49-18-35-70(32-12-7-2)65(74)26-53-85-58-45-80-41-39-78-43-57-84-50-19-36-71(33-13-8-3)67(76)28-55-88-61-63-23-21-62(22-24-63)60-87-51-20-37-72(34-14-9-4)66(75)27-54-86-59-44-79-40-38-77-42-56-83-48-17-29-68/h10,21-24H,5-9,11-20,25-61,68H2,1-4H3/i/hD. The maximum Gasteiger partial charge on any atom is 0.223 e. The summed E-state index contributed by atoms with van der Waals surface area (Å²) < 4.78 is 30.0. The van der Waals surface area contributed by atoms with Crippen molar-refractivity contribution < 1.29 is 39.5 Å². The molecule has 0 atom stereocenters. The van der Waals surface area contributed by atoms with Crippen LogP contribution in [-0.4, -0.2) is 236 Å². The summed E-state index contributed by atoms with van der Waals surface area (Å²) >= 11 is 15.0. The molecule has 88 heavy (non-hydrogen) atoms. The van der Waals surface area contributed by atoms with E-state index >= 15 is 0 Å². The number of ether oxygens (including phenoxy) is 4. The number of rotatable bonds is 69. The van der Waals surface area contributed by atoms with Crippen molar-refractivity contribution >= 4 is 118 Å². The highest BCUT2D eigenvalue weighted by molar-refractivity contribution is 8.00. The lowest BCUT2D eigenvalue weighted by Gasteiger charge is -2.22. The van der Waals surface area contributed by atoms with Crippen molar-refractivity contribution in [3.05, 3.63) is 48.0 Å². The SMILES string of the molecule is [2H]NCCCSCCOCCOCCSCCC(=O)N(CCCC)CCCSCc1ccc(CSCCC(=O)N(CCCC)CCCSCCOCCOCCSCCC(=O)N(CCCC)CCCSCCCCSCCC(=O)N(CC=C)CCCC)cc1. The summed E-state index contributed by atoms with van der Waals surface area (Å²) in [5.41, 5.74) is 5.05. The lowest BCUT2D eigenvalue weighted by atomic mass is 10.2. The first-order chi connectivity index (χ1) is 43.7. The normalized spacial score (nSPS) is 11.5. The number of thioether (sulfide) groups is 8. The molecule has 0 aliphatic carbocycles. The Balaban J connectivity index is 2.11. The third-order valence-electron chi connectivity index (χ3n) is 14.0. The van der Waals surface area contributed by atoms with Crippen molar-refractivity contribution in [2.45, 2.75) is 155 Å². The fraction of sp³-hybridized carbons (Fsp3) is 0.821. The molecule has 0 saturated carbocycles. The number of unbranched alkanes of at least 4 members (excludes halogenated alkanes) is 5. The molecule has 2 N–H and O–H groups in total. The summed E-state index contributed by atoms with van der Waals surface area (Å²) in [6.45, 7) is 24.9. The largest absolute Gasteiger partial charge is 0.378 e. The minimum atomic E-state index is 0.251. The van der Waals surface area contributed by atoms with Crippen molar-refractivity contribution in [3.63, 3.8) is 0 Å². The summed E-state index contributed by atoms with van der Waals surface area (Å²) in [6, 6.07) is 8.95.